The number of aryl methyl sites for hydroxylation is 1. The Kier molecular flexibility index (Phi) is 8.89. The van der Waals surface area contributed by atoms with Crippen LogP contribution in [0.3, 0.4) is 0 Å². The Balaban J connectivity index is 0.00000162. The second-order valence-electron chi connectivity index (χ2n) is 9.83. The molecule has 0 spiro atoms. The molecule has 0 aliphatic heterocycles. The van der Waals surface area contributed by atoms with Gasteiger partial charge in [-0.15, -0.1) is 24.8 Å². The standard InChI is InChI=1S/C29H35N3.2ClH/c1-19-16-27(24-12-15-28(31-18-24)32-26-6-4-5-7-26)20(2)21(3)29(19)23-10-13-25(14-11-23)30-17-22-8-9-22;;/h10-16,18,22,26,30H,4-9,17H2,1-3H3,(H,31,32);2*1H. The molecule has 2 fully saturated rings. The smallest absolute Gasteiger partial charge is 0.126 e. The van der Waals surface area contributed by atoms with Crippen molar-refractivity contribution >= 4 is 36.3 Å². The molecule has 2 aliphatic carbocycles. The van der Waals surface area contributed by atoms with Gasteiger partial charge in [0.15, 0.2) is 0 Å². The van der Waals surface area contributed by atoms with Crippen molar-refractivity contribution < 1.29 is 0 Å². The predicted molar refractivity (Wildman–Crippen MR) is 151 cm³/mol. The third-order valence-corrected chi connectivity index (χ3v) is 7.34. The van der Waals surface area contributed by atoms with Crippen LogP contribution in [0.15, 0.2) is 48.7 Å². The van der Waals surface area contributed by atoms with Crippen LogP contribution in [0.25, 0.3) is 22.3 Å². The summed E-state index contributed by atoms with van der Waals surface area (Å²) in [5.74, 6) is 1.88. The summed E-state index contributed by atoms with van der Waals surface area (Å²) in [4.78, 5) is 4.73. The summed E-state index contributed by atoms with van der Waals surface area (Å²) in [5.41, 5.74) is 10.3. The van der Waals surface area contributed by atoms with E-state index in [1.54, 1.807) is 0 Å². The normalized spacial score (nSPS) is 15.4. The lowest BCUT2D eigenvalue weighted by molar-refractivity contribution is 0.750. The molecule has 0 radical (unpaired) electrons. The number of nitrogens with zero attached hydrogens (tertiary/aromatic N) is 1. The van der Waals surface area contributed by atoms with Crippen LogP contribution in [0.4, 0.5) is 11.5 Å². The van der Waals surface area contributed by atoms with Crippen molar-refractivity contribution in [1.29, 1.82) is 0 Å². The maximum atomic E-state index is 4.73. The molecule has 0 amide bonds. The minimum absolute atomic E-state index is 0. The van der Waals surface area contributed by atoms with Crippen molar-refractivity contribution in [2.75, 3.05) is 17.2 Å². The molecule has 0 atom stereocenters. The third-order valence-electron chi connectivity index (χ3n) is 7.34. The van der Waals surface area contributed by atoms with Gasteiger partial charge in [0, 0.05) is 30.0 Å². The van der Waals surface area contributed by atoms with Gasteiger partial charge in [-0.2, -0.15) is 0 Å². The van der Waals surface area contributed by atoms with Crippen LogP contribution in [0.1, 0.15) is 55.2 Å². The lowest BCUT2D eigenvalue weighted by Crippen LogP contribution is -2.15. The van der Waals surface area contributed by atoms with Crippen LogP contribution < -0.4 is 10.6 Å². The Morgan fingerprint density at radius 2 is 1.50 bits per heavy atom. The molecular formula is C29H37Cl2N3. The average Bonchev–Trinajstić information content (AvgIpc) is 3.50. The number of hydrogen-bond acceptors (Lipinski definition) is 3. The molecule has 1 heterocycles. The molecule has 5 rings (SSSR count). The fraction of sp³-hybridized carbons (Fsp3) is 0.414. The van der Waals surface area contributed by atoms with Gasteiger partial charge in [-0.05, 0) is 110 Å². The summed E-state index contributed by atoms with van der Waals surface area (Å²) < 4.78 is 0. The van der Waals surface area contributed by atoms with Gasteiger partial charge < -0.3 is 10.6 Å². The highest BCUT2D eigenvalue weighted by Gasteiger charge is 2.20. The molecule has 2 N–H and O–H groups in total. The van der Waals surface area contributed by atoms with Gasteiger partial charge in [0.05, 0.1) is 0 Å². The SMILES string of the molecule is Cc1cc(-c2ccc(NC3CCCC3)nc2)c(C)c(C)c1-c1ccc(NCC2CC2)cc1.Cl.Cl. The Labute approximate surface area is 217 Å². The van der Waals surface area contributed by atoms with E-state index < -0.39 is 0 Å². The van der Waals surface area contributed by atoms with Gasteiger partial charge in [0.2, 0.25) is 0 Å². The van der Waals surface area contributed by atoms with E-state index in [1.165, 1.54) is 83.2 Å². The molecule has 3 aromatic rings. The first-order valence-electron chi connectivity index (χ1n) is 12.3. The Morgan fingerprint density at radius 3 is 2.12 bits per heavy atom. The van der Waals surface area contributed by atoms with E-state index in [0.29, 0.717) is 6.04 Å². The summed E-state index contributed by atoms with van der Waals surface area (Å²) in [5, 5.41) is 7.17. The summed E-state index contributed by atoms with van der Waals surface area (Å²) in [7, 11) is 0. The maximum absolute atomic E-state index is 4.73. The lowest BCUT2D eigenvalue weighted by Gasteiger charge is -2.18. The summed E-state index contributed by atoms with van der Waals surface area (Å²) >= 11 is 0. The van der Waals surface area contributed by atoms with E-state index in [2.05, 4.69) is 73.9 Å². The van der Waals surface area contributed by atoms with Crippen molar-refractivity contribution in [3.8, 4) is 22.3 Å². The molecule has 3 nitrogen and oxygen atoms in total. The van der Waals surface area contributed by atoms with Crippen molar-refractivity contribution in [2.45, 2.75) is 65.3 Å². The molecule has 182 valence electrons. The number of hydrogen-bond donors (Lipinski definition) is 2. The van der Waals surface area contributed by atoms with Crippen LogP contribution >= 0.6 is 24.8 Å². The van der Waals surface area contributed by atoms with E-state index >= 15 is 0 Å². The monoisotopic (exact) mass is 497 g/mol. The fourth-order valence-corrected chi connectivity index (χ4v) is 5.08. The maximum Gasteiger partial charge on any atom is 0.126 e. The molecule has 34 heavy (non-hydrogen) atoms. The molecule has 0 saturated heterocycles. The van der Waals surface area contributed by atoms with Crippen molar-refractivity contribution in [2.24, 2.45) is 5.92 Å². The highest BCUT2D eigenvalue weighted by atomic mass is 35.5. The Morgan fingerprint density at radius 1 is 0.824 bits per heavy atom. The van der Waals surface area contributed by atoms with Crippen LogP contribution in [0, 0.1) is 26.7 Å². The number of rotatable bonds is 7. The second kappa shape index (κ2) is 11.5. The van der Waals surface area contributed by atoms with Crippen LogP contribution in [-0.4, -0.2) is 17.6 Å². The first-order valence-corrected chi connectivity index (χ1v) is 12.3. The minimum atomic E-state index is 0. The number of benzene rings is 2. The zero-order valence-electron chi connectivity index (χ0n) is 20.5. The number of pyridine rings is 1. The second-order valence-corrected chi connectivity index (χ2v) is 9.83. The first kappa shape index (κ1) is 26.4. The predicted octanol–water partition coefficient (Wildman–Crippen LogP) is 8.36. The van der Waals surface area contributed by atoms with E-state index in [-0.39, 0.29) is 24.8 Å². The molecular weight excluding hydrogens is 461 g/mol. The van der Waals surface area contributed by atoms with Gasteiger partial charge >= 0.3 is 0 Å². The van der Waals surface area contributed by atoms with Gasteiger partial charge in [-0.1, -0.05) is 31.0 Å². The number of nitrogens with one attached hydrogen (secondary N) is 2. The van der Waals surface area contributed by atoms with E-state index in [9.17, 15) is 0 Å². The number of halogens is 2. The number of anilines is 2. The third kappa shape index (κ3) is 5.87. The van der Waals surface area contributed by atoms with E-state index in [0.717, 1.165) is 18.3 Å². The molecule has 0 bridgehead atoms. The summed E-state index contributed by atoms with van der Waals surface area (Å²) in [6, 6.07) is 16.2. The van der Waals surface area contributed by atoms with Gasteiger partial charge in [0.25, 0.3) is 0 Å². The average molecular weight is 499 g/mol. The van der Waals surface area contributed by atoms with Gasteiger partial charge in [-0.3, -0.25) is 0 Å². The molecule has 2 aromatic carbocycles. The zero-order valence-corrected chi connectivity index (χ0v) is 22.1. The van der Waals surface area contributed by atoms with Crippen LogP contribution in [0.2, 0.25) is 0 Å². The number of aromatic nitrogens is 1. The Hall–Kier alpha value is -2.23. The fourth-order valence-electron chi connectivity index (χ4n) is 5.08. The first-order chi connectivity index (χ1) is 15.6. The zero-order chi connectivity index (χ0) is 22.1. The van der Waals surface area contributed by atoms with Crippen molar-refractivity contribution in [3.05, 3.63) is 65.4 Å². The van der Waals surface area contributed by atoms with Crippen LogP contribution in [-0.2, 0) is 0 Å². The van der Waals surface area contributed by atoms with Crippen molar-refractivity contribution in [1.82, 2.24) is 4.98 Å². The molecule has 1 aromatic heterocycles. The minimum Gasteiger partial charge on any atom is -0.385 e. The van der Waals surface area contributed by atoms with E-state index in [4.69, 9.17) is 4.98 Å². The highest BCUT2D eigenvalue weighted by molar-refractivity contribution is 5.85. The molecule has 5 heteroatoms. The van der Waals surface area contributed by atoms with Crippen molar-refractivity contribution in [3.63, 3.8) is 0 Å². The largest absolute Gasteiger partial charge is 0.385 e. The van der Waals surface area contributed by atoms with Gasteiger partial charge in [0.1, 0.15) is 5.82 Å². The molecule has 2 saturated carbocycles. The topological polar surface area (TPSA) is 37.0 Å². The van der Waals surface area contributed by atoms with Gasteiger partial charge in [-0.25, -0.2) is 4.98 Å². The highest BCUT2D eigenvalue weighted by Crippen LogP contribution is 2.36. The molecule has 0 unspecified atom stereocenters. The molecule has 2 aliphatic rings. The summed E-state index contributed by atoms with van der Waals surface area (Å²) in [6.07, 6.45) is 9.98. The Bertz CT molecular complexity index is 1080. The van der Waals surface area contributed by atoms with E-state index in [1.807, 2.05) is 6.20 Å². The summed E-state index contributed by atoms with van der Waals surface area (Å²) in [6.45, 7) is 7.83. The lowest BCUT2D eigenvalue weighted by atomic mass is 9.87. The quantitative estimate of drug-likeness (QED) is 0.344. The van der Waals surface area contributed by atoms with Crippen LogP contribution in [0.5, 0.6) is 0 Å².